The van der Waals surface area contributed by atoms with Gasteiger partial charge in [-0.15, -0.1) is 0 Å². The van der Waals surface area contributed by atoms with Crippen molar-refractivity contribution in [1.29, 1.82) is 0 Å². The molecule has 1 aromatic rings. The fourth-order valence-corrected chi connectivity index (χ4v) is 3.21. The molecule has 0 aromatic heterocycles. The van der Waals surface area contributed by atoms with Gasteiger partial charge in [0.25, 0.3) is 0 Å². The molecule has 1 saturated carbocycles. The number of hydrogen-bond acceptors (Lipinski definition) is 3. The summed E-state index contributed by atoms with van der Waals surface area (Å²) >= 11 is 0. The minimum absolute atomic E-state index is 0.0248. The van der Waals surface area contributed by atoms with E-state index in [2.05, 4.69) is 22.9 Å². The average Bonchev–Trinajstić information content (AvgIpc) is 2.60. The summed E-state index contributed by atoms with van der Waals surface area (Å²) in [5.41, 5.74) is 1.31. The van der Waals surface area contributed by atoms with Crippen LogP contribution < -0.4 is 16.0 Å². The van der Waals surface area contributed by atoms with Crippen molar-refractivity contribution in [3.05, 3.63) is 24.3 Å². The van der Waals surface area contributed by atoms with E-state index in [-0.39, 0.29) is 11.9 Å². The molecule has 0 unspecified atom stereocenters. The van der Waals surface area contributed by atoms with Gasteiger partial charge in [0.05, 0.1) is 12.7 Å². The van der Waals surface area contributed by atoms with Gasteiger partial charge in [0, 0.05) is 24.3 Å². The van der Waals surface area contributed by atoms with E-state index in [1.165, 1.54) is 19.3 Å². The van der Waals surface area contributed by atoms with Crippen LogP contribution in [0.15, 0.2) is 24.3 Å². The molecule has 1 aliphatic carbocycles. The Bertz CT molecular complexity index is 591. The molecule has 3 amide bonds. The van der Waals surface area contributed by atoms with Gasteiger partial charge in [0.15, 0.2) is 0 Å². The van der Waals surface area contributed by atoms with Crippen LogP contribution in [-0.4, -0.2) is 31.2 Å². The number of amides is 3. The number of urea groups is 1. The summed E-state index contributed by atoms with van der Waals surface area (Å²) in [6.45, 7) is 5.19. The number of carbonyl (C=O) groups excluding carboxylic acids is 2. The van der Waals surface area contributed by atoms with Crippen molar-refractivity contribution < 1.29 is 14.3 Å². The number of rotatable bonds is 8. The Morgan fingerprint density at radius 2 is 1.88 bits per heavy atom. The standard InChI is InChI=1S/C20H31N3O3/c1-3-7-19(24)22-16-9-6-10-17(14-16)23-20(25)21-12-13-26-18-11-5-4-8-15(18)2/h6,9-10,14-15,18H,3-5,7-8,11-13H2,1-2H3,(H,22,24)(H2,21,23,25)/t15-,18+/m1/s1. The second-order valence-electron chi connectivity index (χ2n) is 6.93. The predicted octanol–water partition coefficient (Wildman–Crippen LogP) is 4.14. The van der Waals surface area contributed by atoms with Crippen LogP contribution in [0, 0.1) is 5.92 Å². The smallest absolute Gasteiger partial charge is 0.319 e. The monoisotopic (exact) mass is 361 g/mol. The topological polar surface area (TPSA) is 79.5 Å². The molecular formula is C20H31N3O3. The summed E-state index contributed by atoms with van der Waals surface area (Å²) in [7, 11) is 0. The number of nitrogens with one attached hydrogen (secondary N) is 3. The van der Waals surface area contributed by atoms with Crippen molar-refractivity contribution in [3.63, 3.8) is 0 Å². The van der Waals surface area contributed by atoms with E-state index in [9.17, 15) is 9.59 Å². The number of ether oxygens (including phenoxy) is 1. The van der Waals surface area contributed by atoms with Gasteiger partial charge in [0.1, 0.15) is 0 Å². The SMILES string of the molecule is CCCC(=O)Nc1cccc(NC(=O)NCCO[C@H]2CCCC[C@H]2C)c1. The lowest BCUT2D eigenvalue weighted by molar-refractivity contribution is -0.116. The van der Waals surface area contributed by atoms with Crippen LogP contribution >= 0.6 is 0 Å². The predicted molar refractivity (Wildman–Crippen MR) is 104 cm³/mol. The molecule has 6 nitrogen and oxygen atoms in total. The highest BCUT2D eigenvalue weighted by Gasteiger charge is 2.21. The van der Waals surface area contributed by atoms with Crippen molar-refractivity contribution in [1.82, 2.24) is 5.32 Å². The quantitative estimate of drug-likeness (QED) is 0.609. The molecule has 1 aromatic carbocycles. The van der Waals surface area contributed by atoms with E-state index >= 15 is 0 Å². The first-order valence-electron chi connectivity index (χ1n) is 9.65. The Kier molecular flexibility index (Phi) is 8.41. The van der Waals surface area contributed by atoms with Crippen LogP contribution in [0.25, 0.3) is 0 Å². The molecule has 6 heteroatoms. The van der Waals surface area contributed by atoms with E-state index in [1.54, 1.807) is 24.3 Å². The lowest BCUT2D eigenvalue weighted by atomic mass is 9.88. The van der Waals surface area contributed by atoms with Gasteiger partial charge in [-0.25, -0.2) is 4.79 Å². The fraction of sp³-hybridized carbons (Fsp3) is 0.600. The molecule has 144 valence electrons. The normalized spacial score (nSPS) is 19.6. The van der Waals surface area contributed by atoms with Gasteiger partial charge < -0.3 is 20.7 Å². The van der Waals surface area contributed by atoms with E-state index < -0.39 is 0 Å². The van der Waals surface area contributed by atoms with Crippen LogP contribution in [0.3, 0.4) is 0 Å². The Labute approximate surface area is 156 Å². The van der Waals surface area contributed by atoms with Gasteiger partial charge in [0.2, 0.25) is 5.91 Å². The molecule has 0 saturated heterocycles. The molecule has 0 aliphatic heterocycles. The van der Waals surface area contributed by atoms with Crippen LogP contribution in [-0.2, 0) is 9.53 Å². The molecule has 3 N–H and O–H groups in total. The Morgan fingerprint density at radius 3 is 2.62 bits per heavy atom. The maximum absolute atomic E-state index is 12.0. The fourth-order valence-electron chi connectivity index (χ4n) is 3.21. The number of anilines is 2. The molecule has 26 heavy (non-hydrogen) atoms. The summed E-state index contributed by atoms with van der Waals surface area (Å²) in [5.74, 6) is 0.575. The molecule has 2 atom stereocenters. The zero-order valence-electron chi connectivity index (χ0n) is 15.8. The van der Waals surface area contributed by atoms with E-state index in [0.717, 1.165) is 12.8 Å². The highest BCUT2D eigenvalue weighted by Crippen LogP contribution is 2.26. The van der Waals surface area contributed by atoms with Crippen molar-refractivity contribution in [2.75, 3.05) is 23.8 Å². The molecular weight excluding hydrogens is 330 g/mol. The van der Waals surface area contributed by atoms with E-state index in [1.807, 2.05) is 6.92 Å². The lowest BCUT2D eigenvalue weighted by Gasteiger charge is -2.28. The van der Waals surface area contributed by atoms with Crippen molar-refractivity contribution >= 4 is 23.3 Å². The Hall–Kier alpha value is -2.08. The van der Waals surface area contributed by atoms with Gasteiger partial charge in [-0.3, -0.25) is 4.79 Å². The first-order chi connectivity index (χ1) is 12.6. The summed E-state index contributed by atoms with van der Waals surface area (Å²) in [6, 6.07) is 6.85. The second kappa shape index (κ2) is 10.8. The minimum atomic E-state index is -0.276. The Balaban J connectivity index is 1.69. The number of carbonyl (C=O) groups is 2. The average molecular weight is 361 g/mol. The summed E-state index contributed by atoms with van der Waals surface area (Å²) < 4.78 is 5.89. The third-order valence-electron chi connectivity index (χ3n) is 4.63. The van der Waals surface area contributed by atoms with Gasteiger partial charge in [-0.1, -0.05) is 32.8 Å². The molecule has 0 radical (unpaired) electrons. The second-order valence-corrected chi connectivity index (χ2v) is 6.93. The largest absolute Gasteiger partial charge is 0.376 e. The lowest BCUT2D eigenvalue weighted by Crippen LogP contribution is -2.34. The zero-order valence-corrected chi connectivity index (χ0v) is 15.8. The van der Waals surface area contributed by atoms with Gasteiger partial charge in [-0.2, -0.15) is 0 Å². The van der Waals surface area contributed by atoms with Gasteiger partial charge >= 0.3 is 6.03 Å². The summed E-state index contributed by atoms with van der Waals surface area (Å²) in [6.07, 6.45) is 6.46. The van der Waals surface area contributed by atoms with Crippen LogP contribution in [0.1, 0.15) is 52.4 Å². The maximum Gasteiger partial charge on any atom is 0.319 e. The molecule has 0 spiro atoms. The van der Waals surface area contributed by atoms with Crippen LogP contribution in [0.2, 0.25) is 0 Å². The minimum Gasteiger partial charge on any atom is -0.376 e. The maximum atomic E-state index is 12.0. The molecule has 1 aliphatic rings. The third kappa shape index (κ3) is 7.04. The van der Waals surface area contributed by atoms with Crippen LogP contribution in [0.5, 0.6) is 0 Å². The highest BCUT2D eigenvalue weighted by atomic mass is 16.5. The van der Waals surface area contributed by atoms with Crippen LogP contribution in [0.4, 0.5) is 16.2 Å². The summed E-state index contributed by atoms with van der Waals surface area (Å²) in [5, 5.41) is 8.40. The molecule has 0 bridgehead atoms. The first-order valence-corrected chi connectivity index (χ1v) is 9.65. The van der Waals surface area contributed by atoms with E-state index in [4.69, 9.17) is 4.74 Å². The Morgan fingerprint density at radius 1 is 1.15 bits per heavy atom. The number of benzene rings is 1. The third-order valence-corrected chi connectivity index (χ3v) is 4.63. The van der Waals surface area contributed by atoms with E-state index in [0.29, 0.717) is 43.0 Å². The first kappa shape index (κ1) is 20.2. The molecule has 0 heterocycles. The zero-order chi connectivity index (χ0) is 18.8. The highest BCUT2D eigenvalue weighted by molar-refractivity contribution is 5.93. The number of hydrogen-bond donors (Lipinski definition) is 3. The molecule has 1 fully saturated rings. The van der Waals surface area contributed by atoms with Crippen molar-refractivity contribution in [2.24, 2.45) is 5.92 Å². The van der Waals surface area contributed by atoms with Crippen molar-refractivity contribution in [2.45, 2.75) is 58.5 Å². The molecule has 2 rings (SSSR count). The summed E-state index contributed by atoms with van der Waals surface area (Å²) in [4.78, 5) is 23.6. The van der Waals surface area contributed by atoms with Gasteiger partial charge in [-0.05, 0) is 43.4 Å². The van der Waals surface area contributed by atoms with Crippen molar-refractivity contribution in [3.8, 4) is 0 Å².